The molecule has 0 atom stereocenters. The van der Waals surface area contributed by atoms with E-state index in [4.69, 9.17) is 22.1 Å². The second kappa shape index (κ2) is 4.97. The summed E-state index contributed by atoms with van der Waals surface area (Å²) in [6.45, 7) is 0. The van der Waals surface area contributed by atoms with Crippen LogP contribution in [0.3, 0.4) is 0 Å². The third-order valence-electron chi connectivity index (χ3n) is 2.24. The summed E-state index contributed by atoms with van der Waals surface area (Å²) in [6.07, 6.45) is -3.22. The number of benzene rings is 1. The molecule has 100 valence electrons. The topological polar surface area (TPSA) is 48.1 Å². The van der Waals surface area contributed by atoms with Gasteiger partial charge in [-0.3, -0.25) is 0 Å². The predicted octanol–water partition coefficient (Wildman–Crippen LogP) is 4.13. The molecule has 1 aromatic carbocycles. The zero-order valence-corrected chi connectivity index (χ0v) is 10.2. The Kier molecular flexibility index (Phi) is 3.53. The number of halogens is 4. The van der Waals surface area contributed by atoms with Gasteiger partial charge in [-0.1, -0.05) is 11.6 Å². The lowest BCUT2D eigenvalue weighted by molar-refractivity contribution is -0.137. The molecule has 0 fully saturated rings. The van der Waals surface area contributed by atoms with Crippen LogP contribution in [-0.2, 0) is 6.18 Å². The highest BCUT2D eigenvalue weighted by Gasteiger charge is 2.33. The first kappa shape index (κ1) is 13.5. The summed E-state index contributed by atoms with van der Waals surface area (Å²) in [6, 6.07) is 6.29. The number of aromatic nitrogens is 1. The third-order valence-corrected chi connectivity index (χ3v) is 2.57. The summed E-state index contributed by atoms with van der Waals surface area (Å²) in [7, 11) is 0. The third kappa shape index (κ3) is 3.29. The molecule has 19 heavy (non-hydrogen) atoms. The highest BCUT2D eigenvalue weighted by molar-refractivity contribution is 6.31. The fraction of sp³-hybridized carbons (Fsp3) is 0.0833. The number of anilines is 1. The van der Waals surface area contributed by atoms with E-state index < -0.39 is 11.7 Å². The van der Waals surface area contributed by atoms with E-state index in [1.54, 1.807) is 0 Å². The minimum atomic E-state index is -4.53. The van der Waals surface area contributed by atoms with E-state index in [2.05, 4.69) is 4.98 Å². The average molecular weight is 289 g/mol. The van der Waals surface area contributed by atoms with Gasteiger partial charge < -0.3 is 10.5 Å². The van der Waals surface area contributed by atoms with E-state index in [0.29, 0.717) is 5.82 Å². The van der Waals surface area contributed by atoms with Crippen LogP contribution in [0, 0.1) is 0 Å². The molecule has 0 saturated heterocycles. The van der Waals surface area contributed by atoms with E-state index >= 15 is 0 Å². The number of nitrogen functional groups attached to an aromatic ring is 1. The molecule has 1 heterocycles. The molecule has 1 aromatic heterocycles. The van der Waals surface area contributed by atoms with Gasteiger partial charge in [-0.2, -0.15) is 13.2 Å². The Morgan fingerprint density at radius 1 is 1.11 bits per heavy atom. The molecule has 0 aliphatic carbocycles. The molecule has 0 radical (unpaired) electrons. The van der Waals surface area contributed by atoms with Crippen molar-refractivity contribution in [2.75, 3.05) is 5.73 Å². The van der Waals surface area contributed by atoms with Crippen LogP contribution in [-0.4, -0.2) is 4.98 Å². The van der Waals surface area contributed by atoms with Crippen LogP contribution < -0.4 is 10.5 Å². The molecular weight excluding hydrogens is 281 g/mol. The maximum Gasteiger partial charge on any atom is 0.417 e. The van der Waals surface area contributed by atoms with Gasteiger partial charge in [0, 0.05) is 0 Å². The number of hydrogen-bond donors (Lipinski definition) is 1. The van der Waals surface area contributed by atoms with Crippen molar-refractivity contribution in [1.29, 1.82) is 0 Å². The van der Waals surface area contributed by atoms with Gasteiger partial charge in [-0.05, 0) is 30.3 Å². The Labute approximate surface area is 111 Å². The van der Waals surface area contributed by atoms with Gasteiger partial charge in [0.05, 0.1) is 16.8 Å². The zero-order chi connectivity index (χ0) is 14.0. The van der Waals surface area contributed by atoms with Gasteiger partial charge in [0.15, 0.2) is 0 Å². The lowest BCUT2D eigenvalue weighted by atomic mass is 10.2. The molecule has 0 aliphatic rings. The van der Waals surface area contributed by atoms with Gasteiger partial charge in [-0.15, -0.1) is 0 Å². The summed E-state index contributed by atoms with van der Waals surface area (Å²) < 4.78 is 43.2. The van der Waals surface area contributed by atoms with Crippen LogP contribution in [0.4, 0.5) is 19.0 Å². The number of ether oxygens (including phenoxy) is 1. The SMILES string of the molecule is Nc1ccc(Oc2ccc(Cl)c(C(F)(F)F)c2)cn1. The van der Waals surface area contributed by atoms with Gasteiger partial charge in [0.25, 0.3) is 0 Å². The van der Waals surface area contributed by atoms with Gasteiger partial charge in [0.1, 0.15) is 17.3 Å². The van der Waals surface area contributed by atoms with Crippen molar-refractivity contribution in [3.8, 4) is 11.5 Å². The number of nitrogens with zero attached hydrogens (tertiary/aromatic N) is 1. The van der Waals surface area contributed by atoms with Crippen molar-refractivity contribution >= 4 is 17.4 Å². The zero-order valence-electron chi connectivity index (χ0n) is 9.41. The molecule has 0 spiro atoms. The monoisotopic (exact) mass is 288 g/mol. The standard InChI is InChI=1S/C12H8ClF3N2O/c13-10-3-1-7(5-9(10)12(14,15)16)19-8-2-4-11(17)18-6-8/h1-6H,(H2,17,18). The molecule has 0 aliphatic heterocycles. The second-order valence-electron chi connectivity index (χ2n) is 3.66. The van der Waals surface area contributed by atoms with E-state index in [1.807, 2.05) is 0 Å². The molecule has 0 amide bonds. The first-order valence-corrected chi connectivity index (χ1v) is 5.50. The van der Waals surface area contributed by atoms with Crippen molar-refractivity contribution in [2.45, 2.75) is 6.18 Å². The molecule has 0 unspecified atom stereocenters. The number of nitrogens with two attached hydrogens (primary N) is 1. The summed E-state index contributed by atoms with van der Waals surface area (Å²) in [5.74, 6) is 0.590. The van der Waals surface area contributed by atoms with Crippen molar-refractivity contribution in [3.05, 3.63) is 47.1 Å². The van der Waals surface area contributed by atoms with Gasteiger partial charge >= 0.3 is 6.18 Å². The number of alkyl halides is 3. The molecule has 7 heteroatoms. The minimum Gasteiger partial charge on any atom is -0.456 e. The van der Waals surface area contributed by atoms with Crippen LogP contribution in [0.5, 0.6) is 11.5 Å². The molecule has 0 bridgehead atoms. The summed E-state index contributed by atoms with van der Waals surface area (Å²) >= 11 is 5.50. The van der Waals surface area contributed by atoms with E-state index in [9.17, 15) is 13.2 Å². The highest BCUT2D eigenvalue weighted by Crippen LogP contribution is 2.37. The lowest BCUT2D eigenvalue weighted by Crippen LogP contribution is -2.05. The summed E-state index contributed by atoms with van der Waals surface area (Å²) in [5.41, 5.74) is 4.44. The van der Waals surface area contributed by atoms with Crippen LogP contribution >= 0.6 is 11.6 Å². The second-order valence-corrected chi connectivity index (χ2v) is 4.07. The summed E-state index contributed by atoms with van der Waals surface area (Å²) in [5, 5.41) is -0.379. The fourth-order valence-electron chi connectivity index (χ4n) is 1.37. The molecule has 2 rings (SSSR count). The number of hydrogen-bond acceptors (Lipinski definition) is 3. The summed E-state index contributed by atoms with van der Waals surface area (Å²) in [4.78, 5) is 3.77. The average Bonchev–Trinajstić information content (AvgIpc) is 2.33. The smallest absolute Gasteiger partial charge is 0.417 e. The Morgan fingerprint density at radius 3 is 2.37 bits per heavy atom. The number of pyridine rings is 1. The van der Waals surface area contributed by atoms with Crippen molar-refractivity contribution in [3.63, 3.8) is 0 Å². The van der Waals surface area contributed by atoms with Gasteiger partial charge in [-0.25, -0.2) is 4.98 Å². The maximum atomic E-state index is 12.7. The van der Waals surface area contributed by atoms with Crippen molar-refractivity contribution in [1.82, 2.24) is 4.98 Å². The van der Waals surface area contributed by atoms with Gasteiger partial charge in [0.2, 0.25) is 0 Å². The Hall–Kier alpha value is -1.95. The van der Waals surface area contributed by atoms with Crippen LogP contribution in [0.1, 0.15) is 5.56 Å². The quantitative estimate of drug-likeness (QED) is 0.904. The van der Waals surface area contributed by atoms with Crippen LogP contribution in [0.25, 0.3) is 0 Å². The first-order chi connectivity index (χ1) is 8.86. The van der Waals surface area contributed by atoms with Crippen LogP contribution in [0.2, 0.25) is 5.02 Å². The maximum absolute atomic E-state index is 12.7. The highest BCUT2D eigenvalue weighted by atomic mass is 35.5. The molecule has 2 N–H and O–H groups in total. The largest absolute Gasteiger partial charge is 0.456 e. The van der Waals surface area contributed by atoms with E-state index in [1.165, 1.54) is 24.4 Å². The molecular formula is C12H8ClF3N2O. The molecule has 0 saturated carbocycles. The minimum absolute atomic E-state index is 0.0169. The van der Waals surface area contributed by atoms with E-state index in [-0.39, 0.29) is 16.5 Å². The normalized spacial score (nSPS) is 11.4. The van der Waals surface area contributed by atoms with Crippen molar-refractivity contribution < 1.29 is 17.9 Å². The fourth-order valence-corrected chi connectivity index (χ4v) is 1.60. The predicted molar refractivity (Wildman–Crippen MR) is 65.2 cm³/mol. The Balaban J connectivity index is 2.29. The number of rotatable bonds is 2. The van der Waals surface area contributed by atoms with Crippen molar-refractivity contribution in [2.24, 2.45) is 0 Å². The molecule has 2 aromatic rings. The van der Waals surface area contributed by atoms with E-state index in [0.717, 1.165) is 12.1 Å². The lowest BCUT2D eigenvalue weighted by Gasteiger charge is -2.11. The Morgan fingerprint density at radius 2 is 1.79 bits per heavy atom. The van der Waals surface area contributed by atoms with Crippen LogP contribution in [0.15, 0.2) is 36.5 Å². The molecule has 3 nitrogen and oxygen atoms in total. The first-order valence-electron chi connectivity index (χ1n) is 5.12. The Bertz CT molecular complexity index is 585.